The number of nitrogens with two attached hydrogens (primary N) is 1. The van der Waals surface area contributed by atoms with Crippen LogP contribution < -0.4 is 10.6 Å². The number of hydrogen-bond donors (Lipinski definition) is 1. The van der Waals surface area contributed by atoms with E-state index in [-0.39, 0.29) is 17.2 Å². The van der Waals surface area contributed by atoms with Crippen LogP contribution >= 0.6 is 23.2 Å². The van der Waals surface area contributed by atoms with Crippen LogP contribution in [0.2, 0.25) is 10.0 Å². The number of nitrogens with zero attached hydrogens (tertiary/aromatic N) is 4. The molecule has 0 unspecified atom stereocenters. The molecule has 7 nitrogen and oxygen atoms in total. The van der Waals surface area contributed by atoms with Crippen molar-refractivity contribution in [2.24, 2.45) is 0 Å². The third-order valence-electron chi connectivity index (χ3n) is 4.42. The van der Waals surface area contributed by atoms with E-state index in [9.17, 15) is 4.79 Å². The number of nitrogen functional groups attached to an aromatic ring is 1. The molecular formula is C21H15Cl2N5O2. The molecule has 0 saturated carbocycles. The van der Waals surface area contributed by atoms with E-state index in [0.29, 0.717) is 32.7 Å². The molecular weight excluding hydrogens is 425 g/mol. The van der Waals surface area contributed by atoms with Gasteiger partial charge in [-0.2, -0.15) is 0 Å². The normalized spacial score (nSPS) is 10.8. The Morgan fingerprint density at radius 1 is 1.07 bits per heavy atom. The summed E-state index contributed by atoms with van der Waals surface area (Å²) in [5.74, 6) is -0.115. The summed E-state index contributed by atoms with van der Waals surface area (Å²) in [5, 5.41) is 4.63. The third kappa shape index (κ3) is 3.60. The Kier molecular flexibility index (Phi) is 5.39. The molecule has 0 aliphatic carbocycles. The zero-order valence-electron chi connectivity index (χ0n) is 15.7. The number of amides is 1. The lowest BCUT2D eigenvalue weighted by Gasteiger charge is -2.23. The van der Waals surface area contributed by atoms with Gasteiger partial charge in [-0.25, -0.2) is 9.97 Å². The quantitative estimate of drug-likeness (QED) is 0.462. The van der Waals surface area contributed by atoms with Crippen LogP contribution in [0.4, 0.5) is 17.3 Å². The van der Waals surface area contributed by atoms with Crippen LogP contribution in [0.25, 0.3) is 11.3 Å². The Morgan fingerprint density at radius 2 is 1.77 bits per heavy atom. The molecule has 2 aromatic heterocycles. The Balaban J connectivity index is 1.85. The van der Waals surface area contributed by atoms with Crippen molar-refractivity contribution in [3.63, 3.8) is 0 Å². The molecule has 2 heterocycles. The molecule has 150 valence electrons. The van der Waals surface area contributed by atoms with Crippen molar-refractivity contribution in [3.05, 3.63) is 82.3 Å². The minimum atomic E-state index is -0.430. The first-order valence-corrected chi connectivity index (χ1v) is 9.60. The number of carbonyl (C=O) groups is 1. The number of aryl methyl sites for hydroxylation is 1. The lowest BCUT2D eigenvalue weighted by molar-refractivity contribution is 0.0997. The van der Waals surface area contributed by atoms with Crippen molar-refractivity contribution >= 4 is 46.4 Å². The second-order valence-electron chi connectivity index (χ2n) is 6.35. The molecule has 9 heteroatoms. The van der Waals surface area contributed by atoms with Crippen LogP contribution in [-0.4, -0.2) is 21.0 Å². The molecule has 0 aliphatic heterocycles. The minimum absolute atomic E-state index is 0.118. The summed E-state index contributed by atoms with van der Waals surface area (Å²) in [7, 11) is 0. The first-order chi connectivity index (χ1) is 14.5. The van der Waals surface area contributed by atoms with Gasteiger partial charge in [0.05, 0.1) is 27.6 Å². The Bertz CT molecular complexity index is 1240. The molecule has 2 N–H and O–H groups in total. The van der Waals surface area contributed by atoms with Crippen molar-refractivity contribution in [1.29, 1.82) is 0 Å². The van der Waals surface area contributed by atoms with E-state index in [1.807, 2.05) is 12.1 Å². The van der Waals surface area contributed by atoms with Gasteiger partial charge in [0.2, 0.25) is 0 Å². The van der Waals surface area contributed by atoms with Gasteiger partial charge in [-0.1, -0.05) is 58.7 Å². The van der Waals surface area contributed by atoms with E-state index in [4.69, 9.17) is 33.5 Å². The summed E-state index contributed by atoms with van der Waals surface area (Å²) in [4.78, 5) is 23.5. The fourth-order valence-corrected chi connectivity index (χ4v) is 3.40. The monoisotopic (exact) mass is 439 g/mol. The van der Waals surface area contributed by atoms with Gasteiger partial charge < -0.3 is 10.3 Å². The summed E-state index contributed by atoms with van der Waals surface area (Å²) in [5.41, 5.74) is 8.37. The number of para-hydroxylation sites is 1. The highest BCUT2D eigenvalue weighted by Gasteiger charge is 2.27. The number of rotatable bonds is 4. The van der Waals surface area contributed by atoms with Gasteiger partial charge in [-0.3, -0.25) is 9.69 Å². The van der Waals surface area contributed by atoms with Crippen molar-refractivity contribution < 1.29 is 9.32 Å². The summed E-state index contributed by atoms with van der Waals surface area (Å²) >= 11 is 12.6. The molecule has 0 saturated heterocycles. The van der Waals surface area contributed by atoms with E-state index in [2.05, 4.69) is 15.1 Å². The van der Waals surface area contributed by atoms with Crippen molar-refractivity contribution in [2.45, 2.75) is 6.92 Å². The number of aromatic nitrogens is 3. The maximum Gasteiger partial charge on any atom is 0.269 e. The van der Waals surface area contributed by atoms with E-state index < -0.39 is 5.91 Å². The molecule has 0 bridgehead atoms. The smallest absolute Gasteiger partial charge is 0.269 e. The van der Waals surface area contributed by atoms with Crippen LogP contribution in [0, 0.1) is 6.92 Å². The largest absolute Gasteiger partial charge is 0.382 e. The molecule has 0 fully saturated rings. The molecule has 0 atom stereocenters. The van der Waals surface area contributed by atoms with Crippen LogP contribution in [0.5, 0.6) is 0 Å². The highest BCUT2D eigenvalue weighted by Crippen LogP contribution is 2.35. The highest BCUT2D eigenvalue weighted by molar-refractivity contribution is 6.34. The number of hydrogen-bond acceptors (Lipinski definition) is 6. The predicted octanol–water partition coefficient (Wildman–Crippen LogP) is 5.31. The topological polar surface area (TPSA) is 98.1 Å². The summed E-state index contributed by atoms with van der Waals surface area (Å²) in [6, 6.07) is 14.1. The van der Waals surface area contributed by atoms with Gasteiger partial charge in [-0.05, 0) is 25.1 Å². The summed E-state index contributed by atoms with van der Waals surface area (Å²) < 4.78 is 4.93. The third-order valence-corrected chi connectivity index (χ3v) is 5.07. The van der Waals surface area contributed by atoms with Gasteiger partial charge in [0.25, 0.3) is 5.91 Å². The molecule has 0 radical (unpaired) electrons. The lowest BCUT2D eigenvalue weighted by atomic mass is 10.1. The average Bonchev–Trinajstić information content (AvgIpc) is 3.16. The average molecular weight is 440 g/mol. The van der Waals surface area contributed by atoms with Gasteiger partial charge in [0.15, 0.2) is 11.6 Å². The number of carbonyl (C=O) groups excluding carboxylic acids is 1. The van der Waals surface area contributed by atoms with Crippen molar-refractivity contribution in [1.82, 2.24) is 15.1 Å². The second-order valence-corrected chi connectivity index (χ2v) is 7.16. The Morgan fingerprint density at radius 3 is 2.40 bits per heavy atom. The molecule has 0 aliphatic rings. The van der Waals surface area contributed by atoms with Gasteiger partial charge >= 0.3 is 0 Å². The zero-order chi connectivity index (χ0) is 21.3. The number of halogens is 2. The van der Waals surface area contributed by atoms with Crippen LogP contribution in [0.1, 0.15) is 16.1 Å². The Hall–Kier alpha value is -3.42. The standard InChI is InChI=1S/C21H15Cl2N5O2/c1-12-14(11-30-27-12)21(29)28(17-9-5-4-8-16(17)23)18-10-25-19(20(24)26-18)13-6-2-3-7-15(13)22/h2-11H,1H3,(H2,24,26). The van der Waals surface area contributed by atoms with E-state index in [1.54, 1.807) is 43.3 Å². The fraction of sp³-hybridized carbons (Fsp3) is 0.0476. The number of anilines is 3. The summed E-state index contributed by atoms with van der Waals surface area (Å²) in [6.07, 6.45) is 2.72. The minimum Gasteiger partial charge on any atom is -0.382 e. The Labute approximate surface area is 182 Å². The molecule has 2 aromatic carbocycles. The number of benzene rings is 2. The molecule has 0 spiro atoms. The summed E-state index contributed by atoms with van der Waals surface area (Å²) in [6.45, 7) is 1.67. The van der Waals surface area contributed by atoms with Crippen LogP contribution in [0.3, 0.4) is 0 Å². The SMILES string of the molecule is Cc1nocc1C(=O)N(c1cnc(-c2ccccc2Cl)c(N)n1)c1ccccc1Cl. The van der Waals surface area contributed by atoms with Gasteiger partial charge in [0, 0.05) is 5.56 Å². The first-order valence-electron chi connectivity index (χ1n) is 8.84. The molecule has 4 aromatic rings. The molecule has 4 rings (SSSR count). The van der Waals surface area contributed by atoms with E-state index in [0.717, 1.165) is 0 Å². The fourth-order valence-electron chi connectivity index (χ4n) is 2.95. The first kappa shape index (κ1) is 19.9. The van der Waals surface area contributed by atoms with Gasteiger partial charge in [0.1, 0.15) is 17.5 Å². The van der Waals surface area contributed by atoms with E-state index >= 15 is 0 Å². The maximum absolute atomic E-state index is 13.3. The van der Waals surface area contributed by atoms with Crippen molar-refractivity contribution in [3.8, 4) is 11.3 Å². The van der Waals surface area contributed by atoms with Crippen molar-refractivity contribution in [2.75, 3.05) is 10.6 Å². The highest BCUT2D eigenvalue weighted by atomic mass is 35.5. The predicted molar refractivity (Wildman–Crippen MR) is 116 cm³/mol. The lowest BCUT2D eigenvalue weighted by Crippen LogP contribution is -2.28. The van der Waals surface area contributed by atoms with E-state index in [1.165, 1.54) is 17.4 Å². The van der Waals surface area contributed by atoms with Crippen LogP contribution in [-0.2, 0) is 0 Å². The second kappa shape index (κ2) is 8.14. The molecule has 1 amide bonds. The maximum atomic E-state index is 13.3. The zero-order valence-corrected chi connectivity index (χ0v) is 17.2. The van der Waals surface area contributed by atoms with Gasteiger partial charge in [-0.15, -0.1) is 0 Å². The van der Waals surface area contributed by atoms with Crippen LogP contribution in [0.15, 0.2) is 65.5 Å². The molecule has 30 heavy (non-hydrogen) atoms.